The second-order valence-corrected chi connectivity index (χ2v) is 7.27. The highest BCUT2D eigenvalue weighted by molar-refractivity contribution is 5.85. The fraction of sp³-hybridized carbons (Fsp3) is 0.611. The zero-order valence-electron chi connectivity index (χ0n) is 14.2. The van der Waals surface area contributed by atoms with Crippen molar-refractivity contribution >= 4 is 18.3 Å². The number of halogens is 1. The first-order valence-electron chi connectivity index (χ1n) is 7.90. The standard InChI is InChI=1S/C18H28N2O.ClH/c1-17(2,3)14-6-8-15(9-7-14)18(10-5-11-18)13-20-16(21)12-19-4;/h6-9,19H,5,10-13H2,1-4H3,(H,20,21);1H. The Morgan fingerprint density at radius 2 is 1.77 bits per heavy atom. The maximum absolute atomic E-state index is 11.7. The molecule has 22 heavy (non-hydrogen) atoms. The summed E-state index contributed by atoms with van der Waals surface area (Å²) in [6.07, 6.45) is 3.59. The molecule has 1 fully saturated rings. The normalized spacial score (nSPS) is 16.4. The third-order valence-corrected chi connectivity index (χ3v) is 4.64. The van der Waals surface area contributed by atoms with E-state index >= 15 is 0 Å². The molecule has 0 radical (unpaired) electrons. The van der Waals surface area contributed by atoms with Crippen molar-refractivity contribution in [2.45, 2.75) is 50.9 Å². The lowest BCUT2D eigenvalue weighted by molar-refractivity contribution is -0.120. The van der Waals surface area contributed by atoms with Gasteiger partial charge in [-0.1, -0.05) is 51.5 Å². The van der Waals surface area contributed by atoms with E-state index < -0.39 is 0 Å². The molecule has 1 aromatic rings. The van der Waals surface area contributed by atoms with Crippen LogP contribution < -0.4 is 10.6 Å². The number of hydrogen-bond donors (Lipinski definition) is 2. The second-order valence-electron chi connectivity index (χ2n) is 7.27. The fourth-order valence-corrected chi connectivity index (χ4v) is 2.99. The number of carbonyl (C=O) groups excluding carboxylic acids is 1. The second kappa shape index (κ2) is 7.47. The van der Waals surface area contributed by atoms with E-state index in [1.54, 1.807) is 7.05 Å². The molecule has 0 bridgehead atoms. The van der Waals surface area contributed by atoms with Crippen LogP contribution in [-0.2, 0) is 15.6 Å². The molecule has 0 saturated heterocycles. The fourth-order valence-electron chi connectivity index (χ4n) is 2.99. The van der Waals surface area contributed by atoms with Crippen LogP contribution in [0.1, 0.15) is 51.2 Å². The Labute approximate surface area is 140 Å². The van der Waals surface area contributed by atoms with Gasteiger partial charge in [-0.3, -0.25) is 4.79 Å². The van der Waals surface area contributed by atoms with Crippen molar-refractivity contribution in [3.05, 3.63) is 35.4 Å². The maximum Gasteiger partial charge on any atom is 0.233 e. The van der Waals surface area contributed by atoms with E-state index in [0.717, 1.165) is 6.54 Å². The molecule has 2 rings (SSSR count). The molecule has 0 aromatic heterocycles. The lowest BCUT2D eigenvalue weighted by Gasteiger charge is -2.43. The number of hydrogen-bond acceptors (Lipinski definition) is 2. The summed E-state index contributed by atoms with van der Waals surface area (Å²) < 4.78 is 0. The minimum absolute atomic E-state index is 0. The Balaban J connectivity index is 0.00000242. The molecule has 124 valence electrons. The molecule has 3 nitrogen and oxygen atoms in total. The predicted molar refractivity (Wildman–Crippen MR) is 94.9 cm³/mol. The van der Waals surface area contributed by atoms with E-state index in [4.69, 9.17) is 0 Å². The molecule has 1 amide bonds. The summed E-state index contributed by atoms with van der Waals surface area (Å²) in [7, 11) is 1.80. The first-order chi connectivity index (χ1) is 9.87. The van der Waals surface area contributed by atoms with E-state index in [2.05, 4.69) is 55.7 Å². The van der Waals surface area contributed by atoms with Crippen LogP contribution in [0.4, 0.5) is 0 Å². The number of rotatable bonds is 5. The highest BCUT2D eigenvalue weighted by Gasteiger charge is 2.38. The number of benzene rings is 1. The van der Waals surface area contributed by atoms with Crippen molar-refractivity contribution in [2.24, 2.45) is 0 Å². The van der Waals surface area contributed by atoms with Crippen LogP contribution in [0.5, 0.6) is 0 Å². The summed E-state index contributed by atoms with van der Waals surface area (Å²) in [6.45, 7) is 7.85. The molecule has 1 aliphatic rings. The molecule has 2 N–H and O–H groups in total. The van der Waals surface area contributed by atoms with Crippen molar-refractivity contribution in [1.29, 1.82) is 0 Å². The average molecular weight is 325 g/mol. The van der Waals surface area contributed by atoms with Gasteiger partial charge in [0.2, 0.25) is 5.91 Å². The topological polar surface area (TPSA) is 41.1 Å². The monoisotopic (exact) mass is 324 g/mol. The zero-order valence-corrected chi connectivity index (χ0v) is 15.0. The zero-order chi connectivity index (χ0) is 15.5. The Bertz CT molecular complexity index is 487. The maximum atomic E-state index is 11.7. The van der Waals surface area contributed by atoms with E-state index in [1.807, 2.05) is 0 Å². The highest BCUT2D eigenvalue weighted by Crippen LogP contribution is 2.43. The van der Waals surface area contributed by atoms with Gasteiger partial charge in [-0.05, 0) is 36.4 Å². The molecular formula is C18H29ClN2O. The minimum atomic E-state index is 0. The lowest BCUT2D eigenvalue weighted by atomic mass is 9.64. The summed E-state index contributed by atoms with van der Waals surface area (Å²) >= 11 is 0. The van der Waals surface area contributed by atoms with Crippen LogP contribution in [0.3, 0.4) is 0 Å². The first kappa shape index (κ1) is 19.0. The summed E-state index contributed by atoms with van der Waals surface area (Å²) in [5.41, 5.74) is 3.07. The van der Waals surface area contributed by atoms with Crippen LogP contribution >= 0.6 is 12.4 Å². The number of amides is 1. The molecule has 1 aliphatic carbocycles. The average Bonchev–Trinajstić information content (AvgIpc) is 2.37. The van der Waals surface area contributed by atoms with Crippen LogP contribution in [0, 0.1) is 0 Å². The molecule has 0 unspecified atom stereocenters. The van der Waals surface area contributed by atoms with Crippen molar-refractivity contribution in [3.8, 4) is 0 Å². The number of carbonyl (C=O) groups is 1. The van der Waals surface area contributed by atoms with Gasteiger partial charge in [0.05, 0.1) is 6.54 Å². The van der Waals surface area contributed by atoms with Gasteiger partial charge in [0.25, 0.3) is 0 Å². The van der Waals surface area contributed by atoms with Crippen molar-refractivity contribution < 1.29 is 4.79 Å². The van der Waals surface area contributed by atoms with E-state index in [9.17, 15) is 4.79 Å². The largest absolute Gasteiger partial charge is 0.354 e. The SMILES string of the molecule is CNCC(=O)NCC1(c2ccc(C(C)(C)C)cc2)CCC1.Cl. The van der Waals surface area contributed by atoms with Gasteiger partial charge in [0.15, 0.2) is 0 Å². The Morgan fingerprint density at radius 3 is 2.18 bits per heavy atom. The van der Waals surface area contributed by atoms with Crippen LogP contribution in [-0.4, -0.2) is 26.0 Å². The van der Waals surface area contributed by atoms with E-state index in [1.165, 1.54) is 30.4 Å². The Hall–Kier alpha value is -1.06. The van der Waals surface area contributed by atoms with Gasteiger partial charge >= 0.3 is 0 Å². The molecule has 1 aromatic carbocycles. The molecule has 1 saturated carbocycles. The summed E-state index contributed by atoms with van der Waals surface area (Å²) in [4.78, 5) is 11.7. The van der Waals surface area contributed by atoms with Gasteiger partial charge in [-0.15, -0.1) is 12.4 Å². The number of nitrogens with one attached hydrogen (secondary N) is 2. The predicted octanol–water partition coefficient (Wildman–Crippen LogP) is 3.16. The molecule has 4 heteroatoms. The molecule has 0 atom stereocenters. The first-order valence-corrected chi connectivity index (χ1v) is 7.90. The van der Waals surface area contributed by atoms with Crippen LogP contribution in [0.25, 0.3) is 0 Å². The molecular weight excluding hydrogens is 296 g/mol. The molecule has 0 aliphatic heterocycles. The van der Waals surface area contributed by atoms with Crippen molar-refractivity contribution in [3.63, 3.8) is 0 Å². The third-order valence-electron chi connectivity index (χ3n) is 4.64. The highest BCUT2D eigenvalue weighted by atomic mass is 35.5. The molecule has 0 spiro atoms. The lowest BCUT2D eigenvalue weighted by Crippen LogP contribution is -2.47. The van der Waals surface area contributed by atoms with Gasteiger partial charge in [0, 0.05) is 12.0 Å². The minimum Gasteiger partial charge on any atom is -0.354 e. The third kappa shape index (κ3) is 4.23. The van der Waals surface area contributed by atoms with Crippen molar-refractivity contribution in [1.82, 2.24) is 10.6 Å². The van der Waals surface area contributed by atoms with Gasteiger partial charge in [0.1, 0.15) is 0 Å². The summed E-state index contributed by atoms with van der Waals surface area (Å²) in [5, 5.41) is 5.96. The number of likely N-dealkylation sites (N-methyl/N-ethyl adjacent to an activating group) is 1. The van der Waals surface area contributed by atoms with Crippen LogP contribution in [0.15, 0.2) is 24.3 Å². The smallest absolute Gasteiger partial charge is 0.233 e. The van der Waals surface area contributed by atoms with Gasteiger partial charge in [-0.2, -0.15) is 0 Å². The Kier molecular flexibility index (Phi) is 6.45. The quantitative estimate of drug-likeness (QED) is 0.873. The molecule has 0 heterocycles. The van der Waals surface area contributed by atoms with Gasteiger partial charge in [-0.25, -0.2) is 0 Å². The summed E-state index contributed by atoms with van der Waals surface area (Å²) in [5.74, 6) is 0.0788. The Morgan fingerprint density at radius 1 is 1.18 bits per heavy atom. The van der Waals surface area contributed by atoms with Crippen molar-refractivity contribution in [2.75, 3.05) is 20.1 Å². The summed E-state index contributed by atoms with van der Waals surface area (Å²) in [6, 6.07) is 8.99. The van der Waals surface area contributed by atoms with E-state index in [0.29, 0.717) is 6.54 Å². The van der Waals surface area contributed by atoms with Gasteiger partial charge < -0.3 is 10.6 Å². The van der Waals surface area contributed by atoms with E-state index in [-0.39, 0.29) is 29.1 Å². The van der Waals surface area contributed by atoms with Crippen LogP contribution in [0.2, 0.25) is 0 Å².